The van der Waals surface area contributed by atoms with Gasteiger partial charge in [0.2, 0.25) is 0 Å². The van der Waals surface area contributed by atoms with Gasteiger partial charge in [0, 0.05) is 27.6 Å². The largest absolute Gasteiger partial charge is 0.456 e. The highest BCUT2D eigenvalue weighted by atomic mass is 16.5. The van der Waals surface area contributed by atoms with Crippen molar-refractivity contribution >= 4 is 27.5 Å². The molecule has 0 amide bonds. The van der Waals surface area contributed by atoms with Gasteiger partial charge in [0.05, 0.1) is 11.0 Å². The van der Waals surface area contributed by atoms with Gasteiger partial charge in [0.1, 0.15) is 11.5 Å². The third-order valence-corrected chi connectivity index (χ3v) is 7.83. The van der Waals surface area contributed by atoms with Gasteiger partial charge in [-0.3, -0.25) is 0 Å². The summed E-state index contributed by atoms with van der Waals surface area (Å²) < 4.78 is 8.86. The van der Waals surface area contributed by atoms with E-state index < -0.39 is 0 Å². The molecule has 1 aliphatic heterocycles. The summed E-state index contributed by atoms with van der Waals surface area (Å²) >= 11 is 0. The summed E-state index contributed by atoms with van der Waals surface area (Å²) in [5.74, 6) is 1.78. The summed E-state index contributed by atoms with van der Waals surface area (Å²) in [6.07, 6.45) is 9.08. The van der Waals surface area contributed by atoms with Crippen LogP contribution in [0.4, 0.5) is 0 Å². The summed E-state index contributed by atoms with van der Waals surface area (Å²) in [4.78, 5) is 0. The lowest BCUT2D eigenvalue weighted by Crippen LogP contribution is -1.96. The van der Waals surface area contributed by atoms with E-state index in [2.05, 4.69) is 126 Å². The number of rotatable bonds is 2. The predicted octanol–water partition coefficient (Wildman–Crippen LogP) is 10.1. The number of hydrogen-bond acceptors (Lipinski definition) is 1. The van der Waals surface area contributed by atoms with E-state index in [4.69, 9.17) is 4.74 Å². The fraction of sp³-hybridized carbons (Fsp3) is 0.0556. The minimum absolute atomic E-state index is 0.889. The molecule has 0 atom stereocenters. The van der Waals surface area contributed by atoms with Gasteiger partial charge in [-0.1, -0.05) is 84.9 Å². The quantitative estimate of drug-likeness (QED) is 0.237. The zero-order chi connectivity index (χ0) is 25.1. The molecule has 0 fully saturated rings. The third-order valence-electron chi connectivity index (χ3n) is 7.83. The molecule has 38 heavy (non-hydrogen) atoms. The van der Waals surface area contributed by atoms with E-state index in [9.17, 15) is 0 Å². The Morgan fingerprint density at radius 2 is 1.21 bits per heavy atom. The van der Waals surface area contributed by atoms with Crippen molar-refractivity contribution in [3.05, 3.63) is 127 Å². The van der Waals surface area contributed by atoms with E-state index in [1.807, 2.05) is 6.07 Å². The van der Waals surface area contributed by atoms with Crippen LogP contribution in [0, 0.1) is 0 Å². The lowest BCUT2D eigenvalue weighted by molar-refractivity contribution is 0.488. The molecule has 0 N–H and O–H groups in total. The monoisotopic (exact) mass is 487 g/mol. The maximum atomic E-state index is 6.46. The number of nitrogens with zero attached hydrogens (tertiary/aromatic N) is 1. The van der Waals surface area contributed by atoms with Crippen molar-refractivity contribution in [1.82, 2.24) is 4.57 Å². The Hall–Kier alpha value is -4.82. The van der Waals surface area contributed by atoms with E-state index >= 15 is 0 Å². The highest BCUT2D eigenvalue weighted by Gasteiger charge is 2.21. The zero-order valence-electron chi connectivity index (χ0n) is 20.9. The van der Waals surface area contributed by atoms with Gasteiger partial charge >= 0.3 is 0 Å². The van der Waals surface area contributed by atoms with Crippen LogP contribution in [0.15, 0.2) is 127 Å². The number of allylic oxidation sites excluding steroid dienone is 4. The van der Waals surface area contributed by atoms with Gasteiger partial charge in [0.15, 0.2) is 0 Å². The Bertz CT molecular complexity index is 1950. The summed E-state index contributed by atoms with van der Waals surface area (Å²) in [6, 6.07) is 39.1. The molecule has 2 nitrogen and oxygen atoms in total. The molecular formula is C36H25NO. The van der Waals surface area contributed by atoms with Crippen LogP contribution in [-0.2, 0) is 0 Å². The van der Waals surface area contributed by atoms with Crippen molar-refractivity contribution in [2.75, 3.05) is 0 Å². The van der Waals surface area contributed by atoms with Crippen molar-refractivity contribution in [2.45, 2.75) is 12.8 Å². The minimum Gasteiger partial charge on any atom is -0.456 e. The van der Waals surface area contributed by atoms with Crippen molar-refractivity contribution in [1.29, 1.82) is 0 Å². The molecule has 180 valence electrons. The van der Waals surface area contributed by atoms with Gasteiger partial charge < -0.3 is 9.30 Å². The number of para-hydroxylation sites is 2. The van der Waals surface area contributed by atoms with Gasteiger partial charge in [-0.15, -0.1) is 0 Å². The van der Waals surface area contributed by atoms with Gasteiger partial charge in [-0.25, -0.2) is 0 Å². The first kappa shape index (κ1) is 21.3. The lowest BCUT2D eigenvalue weighted by Gasteiger charge is -2.13. The summed E-state index contributed by atoms with van der Waals surface area (Å²) in [6.45, 7) is 0. The van der Waals surface area contributed by atoms with Crippen LogP contribution in [0.1, 0.15) is 12.8 Å². The SMILES string of the molecule is C1=CC(n2c3ccccc3c3cc(-c4ccc5c(c4)-c4ccccc4-c4ccccc4O5)ccc32)=CCC1. The molecule has 2 aliphatic rings. The molecular weight excluding hydrogens is 462 g/mol. The Kier molecular flexibility index (Phi) is 4.68. The van der Waals surface area contributed by atoms with Gasteiger partial charge in [-0.2, -0.15) is 0 Å². The van der Waals surface area contributed by atoms with Crippen molar-refractivity contribution < 1.29 is 4.74 Å². The Morgan fingerprint density at radius 3 is 2.08 bits per heavy atom. The van der Waals surface area contributed by atoms with Crippen LogP contribution in [0.5, 0.6) is 11.5 Å². The molecule has 2 heterocycles. The highest BCUT2D eigenvalue weighted by Crippen LogP contribution is 2.47. The Morgan fingerprint density at radius 1 is 0.526 bits per heavy atom. The normalized spacial score (nSPS) is 13.8. The molecule has 0 spiro atoms. The standard InChI is InChI=1S/C36H25NO/c1-2-10-26(11-3-1)37-33-16-8-6-14-29(33)31-22-24(18-20-34(31)37)25-19-21-36-32(23-25)28-13-5-4-12-27(28)30-15-7-9-17-35(30)38-36/h2,4-23H,1,3H2. The number of ether oxygens (including phenoxy) is 1. The molecule has 0 saturated carbocycles. The summed E-state index contributed by atoms with van der Waals surface area (Å²) in [5.41, 5.74) is 10.8. The highest BCUT2D eigenvalue weighted by molar-refractivity contribution is 6.11. The number of aromatic nitrogens is 1. The molecule has 1 aromatic heterocycles. The van der Waals surface area contributed by atoms with Crippen molar-refractivity contribution in [2.24, 2.45) is 0 Å². The fourth-order valence-corrected chi connectivity index (χ4v) is 6.05. The van der Waals surface area contributed by atoms with Crippen LogP contribution in [0.2, 0.25) is 0 Å². The minimum atomic E-state index is 0.889. The maximum absolute atomic E-state index is 6.46. The molecule has 6 aromatic rings. The first-order chi connectivity index (χ1) is 18.8. The van der Waals surface area contributed by atoms with Gasteiger partial charge in [0.25, 0.3) is 0 Å². The third kappa shape index (κ3) is 3.20. The number of hydrogen-bond donors (Lipinski definition) is 0. The van der Waals surface area contributed by atoms with Crippen LogP contribution in [0.25, 0.3) is 60.9 Å². The van der Waals surface area contributed by atoms with E-state index in [1.54, 1.807) is 0 Å². The number of fused-ring (bicyclic) bond motifs is 8. The van der Waals surface area contributed by atoms with Crippen LogP contribution in [0.3, 0.4) is 0 Å². The first-order valence-electron chi connectivity index (χ1n) is 13.3. The fourth-order valence-electron chi connectivity index (χ4n) is 6.05. The second kappa shape index (κ2) is 8.36. The molecule has 0 radical (unpaired) electrons. The van der Waals surface area contributed by atoms with Crippen LogP contribution >= 0.6 is 0 Å². The number of benzene rings is 5. The van der Waals surface area contributed by atoms with Crippen LogP contribution < -0.4 is 4.74 Å². The summed E-state index contributed by atoms with van der Waals surface area (Å²) in [5, 5.41) is 2.56. The molecule has 0 unspecified atom stereocenters. The molecule has 2 heteroatoms. The van der Waals surface area contributed by atoms with E-state index in [1.165, 1.54) is 49.8 Å². The molecule has 1 aliphatic carbocycles. The second-order valence-corrected chi connectivity index (χ2v) is 10.0. The Labute approximate surface area is 221 Å². The zero-order valence-corrected chi connectivity index (χ0v) is 20.9. The van der Waals surface area contributed by atoms with Crippen molar-refractivity contribution in [3.63, 3.8) is 0 Å². The average Bonchev–Trinajstić information content (AvgIpc) is 3.24. The maximum Gasteiger partial charge on any atom is 0.135 e. The molecule has 0 saturated heterocycles. The Balaban J connectivity index is 1.32. The van der Waals surface area contributed by atoms with E-state index in [-0.39, 0.29) is 0 Å². The predicted molar refractivity (Wildman–Crippen MR) is 158 cm³/mol. The summed E-state index contributed by atoms with van der Waals surface area (Å²) in [7, 11) is 0. The lowest BCUT2D eigenvalue weighted by atomic mass is 9.92. The topological polar surface area (TPSA) is 14.2 Å². The second-order valence-electron chi connectivity index (χ2n) is 10.0. The molecule has 0 bridgehead atoms. The van der Waals surface area contributed by atoms with Crippen molar-refractivity contribution in [3.8, 4) is 44.9 Å². The molecule has 5 aromatic carbocycles. The smallest absolute Gasteiger partial charge is 0.135 e. The van der Waals surface area contributed by atoms with Gasteiger partial charge in [-0.05, 0) is 77.6 Å². The van der Waals surface area contributed by atoms with Crippen LogP contribution in [-0.4, -0.2) is 4.57 Å². The average molecular weight is 488 g/mol. The van der Waals surface area contributed by atoms with E-state index in [0.717, 1.165) is 35.5 Å². The molecule has 8 rings (SSSR count). The first-order valence-corrected chi connectivity index (χ1v) is 13.3. The van der Waals surface area contributed by atoms with E-state index in [0.29, 0.717) is 0 Å².